The third-order valence-corrected chi connectivity index (χ3v) is 4.12. The van der Waals surface area contributed by atoms with Crippen molar-refractivity contribution in [3.63, 3.8) is 0 Å². The minimum Gasteiger partial charge on any atom is -0.492 e. The highest BCUT2D eigenvalue weighted by molar-refractivity contribution is 5.86. The molecule has 2 aromatic rings. The van der Waals surface area contributed by atoms with Gasteiger partial charge in [0.1, 0.15) is 17.9 Å². The molecule has 0 unspecified atom stereocenters. The number of methoxy groups -OCH3 is 1. The molecule has 5 nitrogen and oxygen atoms in total. The van der Waals surface area contributed by atoms with Crippen molar-refractivity contribution in [3.05, 3.63) is 51.9 Å². The van der Waals surface area contributed by atoms with Crippen LogP contribution in [0.1, 0.15) is 47.5 Å². The van der Waals surface area contributed by atoms with Gasteiger partial charge in [-0.15, -0.1) is 0 Å². The van der Waals surface area contributed by atoms with E-state index in [1.165, 1.54) is 18.3 Å². The molecule has 0 radical (unpaired) electrons. The van der Waals surface area contributed by atoms with Crippen LogP contribution < -0.4 is 19.8 Å². The van der Waals surface area contributed by atoms with E-state index in [1.54, 1.807) is 6.07 Å². The van der Waals surface area contributed by atoms with Crippen molar-refractivity contribution in [2.45, 2.75) is 53.6 Å². The van der Waals surface area contributed by atoms with E-state index in [0.29, 0.717) is 22.5 Å². The van der Waals surface area contributed by atoms with Crippen molar-refractivity contribution < 1.29 is 18.6 Å². The average Bonchev–Trinajstić information content (AvgIpc) is 2.61. The Hall–Kier alpha value is -2.69. The van der Waals surface area contributed by atoms with Crippen LogP contribution in [0.3, 0.4) is 0 Å². The number of rotatable bonds is 9. The van der Waals surface area contributed by atoms with E-state index < -0.39 is 5.63 Å². The average molecular weight is 386 g/mol. The van der Waals surface area contributed by atoms with Gasteiger partial charge in [0.05, 0.1) is 18.6 Å². The van der Waals surface area contributed by atoms with Crippen molar-refractivity contribution in [2.24, 2.45) is 0 Å². The molecule has 152 valence electrons. The first-order chi connectivity index (χ1) is 13.3. The Kier molecular flexibility index (Phi) is 7.73. The first-order valence-electron chi connectivity index (χ1n) is 9.55. The summed E-state index contributed by atoms with van der Waals surface area (Å²) in [6.45, 7) is 10.4. The summed E-state index contributed by atoms with van der Waals surface area (Å²) in [7, 11) is 1.51. The molecule has 0 atom stereocenters. The second-order valence-corrected chi connectivity index (χ2v) is 7.26. The smallest absolute Gasteiger partial charge is 0.383 e. The molecule has 0 aliphatic heterocycles. The fraction of sp³-hybridized carbons (Fsp3) is 0.435. The van der Waals surface area contributed by atoms with Crippen LogP contribution in [-0.2, 0) is 0 Å². The topological polar surface area (TPSA) is 57.9 Å². The van der Waals surface area contributed by atoms with E-state index in [1.807, 2.05) is 32.1 Å². The number of benzene rings is 1. The molecule has 0 bridgehead atoms. The number of allylic oxidation sites excluding steroid dienone is 3. The molecule has 0 saturated carbocycles. The van der Waals surface area contributed by atoms with Gasteiger partial charge in [-0.05, 0) is 65.7 Å². The summed E-state index contributed by atoms with van der Waals surface area (Å²) in [6, 6.07) is 5.32. The van der Waals surface area contributed by atoms with E-state index in [-0.39, 0.29) is 18.5 Å². The van der Waals surface area contributed by atoms with Gasteiger partial charge >= 0.3 is 5.63 Å². The molecule has 0 aliphatic rings. The molecule has 1 aromatic heterocycles. The highest BCUT2D eigenvalue weighted by Gasteiger charge is 2.17. The van der Waals surface area contributed by atoms with Crippen molar-refractivity contribution in [1.29, 1.82) is 0 Å². The molecular weight excluding hydrogens is 356 g/mol. The van der Waals surface area contributed by atoms with E-state index in [4.69, 9.17) is 18.6 Å². The minimum atomic E-state index is -0.568. The van der Waals surface area contributed by atoms with Gasteiger partial charge in [-0.2, -0.15) is 0 Å². The Morgan fingerprint density at radius 3 is 2.54 bits per heavy atom. The zero-order valence-corrected chi connectivity index (χ0v) is 17.6. The summed E-state index contributed by atoms with van der Waals surface area (Å²) in [5, 5.41) is 0.664. The van der Waals surface area contributed by atoms with Gasteiger partial charge in [0.15, 0.2) is 5.75 Å². The Morgan fingerprint density at radius 2 is 1.89 bits per heavy atom. The second kappa shape index (κ2) is 10.0. The number of fused-ring (bicyclic) bond motifs is 1. The van der Waals surface area contributed by atoms with E-state index in [2.05, 4.69) is 26.8 Å². The van der Waals surface area contributed by atoms with Gasteiger partial charge in [0.25, 0.3) is 0 Å². The van der Waals surface area contributed by atoms with E-state index in [0.717, 1.165) is 12.8 Å². The van der Waals surface area contributed by atoms with Crippen LogP contribution in [0.4, 0.5) is 0 Å². The van der Waals surface area contributed by atoms with Crippen LogP contribution in [-0.4, -0.2) is 19.8 Å². The van der Waals surface area contributed by atoms with Crippen LogP contribution in [0.25, 0.3) is 11.0 Å². The Balaban J connectivity index is 2.21. The minimum absolute atomic E-state index is 0.0282. The lowest BCUT2D eigenvalue weighted by Crippen LogP contribution is -2.10. The monoisotopic (exact) mass is 386 g/mol. The van der Waals surface area contributed by atoms with Crippen LogP contribution in [0, 0.1) is 0 Å². The number of ether oxygens (including phenoxy) is 3. The zero-order chi connectivity index (χ0) is 20.7. The Bertz CT molecular complexity index is 914. The van der Waals surface area contributed by atoms with Crippen molar-refractivity contribution >= 4 is 11.0 Å². The largest absolute Gasteiger partial charge is 0.492 e. The normalized spacial score (nSPS) is 11.6. The first-order valence-corrected chi connectivity index (χ1v) is 9.55. The molecule has 0 N–H and O–H groups in total. The standard InChI is InChI=1S/C23H30O5/c1-15(2)8-7-9-17(5)12-13-26-22-21(25-6)19-11-10-18(27-16(3)4)14-20(19)28-23(22)24/h8,10-12,14,16H,7,9,13H2,1-6H3. The van der Waals surface area contributed by atoms with E-state index >= 15 is 0 Å². The fourth-order valence-electron chi connectivity index (χ4n) is 2.77. The van der Waals surface area contributed by atoms with Crippen LogP contribution in [0.2, 0.25) is 0 Å². The van der Waals surface area contributed by atoms with Crippen LogP contribution in [0.15, 0.2) is 50.7 Å². The number of hydrogen-bond donors (Lipinski definition) is 0. The van der Waals surface area contributed by atoms with Gasteiger partial charge in [0, 0.05) is 6.07 Å². The maximum atomic E-state index is 12.4. The van der Waals surface area contributed by atoms with Crippen LogP contribution in [0.5, 0.6) is 17.2 Å². The van der Waals surface area contributed by atoms with Crippen molar-refractivity contribution in [2.75, 3.05) is 13.7 Å². The second-order valence-electron chi connectivity index (χ2n) is 7.26. The van der Waals surface area contributed by atoms with Gasteiger partial charge < -0.3 is 18.6 Å². The Morgan fingerprint density at radius 1 is 1.14 bits per heavy atom. The van der Waals surface area contributed by atoms with E-state index in [9.17, 15) is 4.79 Å². The molecule has 1 heterocycles. The fourth-order valence-corrected chi connectivity index (χ4v) is 2.77. The predicted molar refractivity (Wildman–Crippen MR) is 113 cm³/mol. The SMILES string of the molecule is COc1c(OCC=C(C)CCC=C(C)C)c(=O)oc2cc(OC(C)C)ccc12. The first kappa shape index (κ1) is 21.6. The third-order valence-electron chi connectivity index (χ3n) is 4.12. The van der Waals surface area contributed by atoms with Gasteiger partial charge in [-0.25, -0.2) is 4.79 Å². The summed E-state index contributed by atoms with van der Waals surface area (Å²) >= 11 is 0. The lowest BCUT2D eigenvalue weighted by molar-refractivity contribution is 0.242. The summed E-state index contributed by atoms with van der Waals surface area (Å²) in [4.78, 5) is 12.4. The zero-order valence-electron chi connectivity index (χ0n) is 17.6. The summed E-state index contributed by atoms with van der Waals surface area (Å²) < 4.78 is 22.3. The maximum absolute atomic E-state index is 12.4. The maximum Gasteiger partial charge on any atom is 0.383 e. The molecule has 0 aliphatic carbocycles. The third kappa shape index (κ3) is 5.91. The highest BCUT2D eigenvalue weighted by atomic mass is 16.5. The summed E-state index contributed by atoms with van der Waals surface area (Å²) in [5.74, 6) is 1.09. The molecule has 0 spiro atoms. The molecule has 0 saturated heterocycles. The highest BCUT2D eigenvalue weighted by Crippen LogP contribution is 2.34. The van der Waals surface area contributed by atoms with Gasteiger partial charge in [0.2, 0.25) is 5.75 Å². The van der Waals surface area contributed by atoms with Crippen molar-refractivity contribution in [3.8, 4) is 17.2 Å². The quantitative estimate of drug-likeness (QED) is 0.411. The molecule has 2 rings (SSSR count). The molecule has 0 fully saturated rings. The molecule has 0 amide bonds. The molecule has 5 heteroatoms. The van der Waals surface area contributed by atoms with Gasteiger partial charge in [-0.3, -0.25) is 0 Å². The Labute approximate surface area is 166 Å². The lowest BCUT2D eigenvalue weighted by Gasteiger charge is -2.13. The van der Waals surface area contributed by atoms with Gasteiger partial charge in [-0.1, -0.05) is 17.2 Å². The summed E-state index contributed by atoms with van der Waals surface area (Å²) in [5.41, 5.74) is 2.35. The molecular formula is C23H30O5. The van der Waals surface area contributed by atoms with Crippen LogP contribution >= 0.6 is 0 Å². The number of hydrogen-bond acceptors (Lipinski definition) is 5. The summed E-state index contributed by atoms with van der Waals surface area (Å²) in [6.07, 6.45) is 6.15. The predicted octanol–water partition coefficient (Wildman–Crippen LogP) is 5.66. The lowest BCUT2D eigenvalue weighted by atomic mass is 10.1. The van der Waals surface area contributed by atoms with Crippen molar-refractivity contribution in [1.82, 2.24) is 0 Å². The molecule has 1 aromatic carbocycles. The molecule has 28 heavy (non-hydrogen) atoms.